The van der Waals surface area contributed by atoms with Crippen LogP contribution in [0.25, 0.3) is 5.57 Å². The van der Waals surface area contributed by atoms with Gasteiger partial charge in [0.15, 0.2) is 23.2 Å². The number of carbonyl (C=O) groups is 2. The van der Waals surface area contributed by atoms with Crippen LogP contribution in [0.5, 0.6) is 0 Å². The highest BCUT2D eigenvalue weighted by atomic mass is 19.2. The van der Waals surface area contributed by atoms with Gasteiger partial charge in [0.05, 0.1) is 5.60 Å². The van der Waals surface area contributed by atoms with Crippen molar-refractivity contribution in [1.29, 1.82) is 0 Å². The van der Waals surface area contributed by atoms with E-state index in [0.717, 1.165) is 12.1 Å². The lowest BCUT2D eigenvalue weighted by molar-refractivity contribution is -0.115. The van der Waals surface area contributed by atoms with E-state index < -0.39 is 17.2 Å². The smallest absolute Gasteiger partial charge is 0.190 e. The number of aliphatic hydroxyl groups is 1. The molecule has 1 aromatic rings. The lowest BCUT2D eigenvalue weighted by Gasteiger charge is -2.23. The Balaban J connectivity index is 2.47. The average Bonchev–Trinajstić information content (AvgIpc) is 2.47. The molecule has 0 spiro atoms. The van der Waals surface area contributed by atoms with Crippen LogP contribution in [-0.2, 0) is 9.59 Å². The summed E-state index contributed by atoms with van der Waals surface area (Å²) in [6, 6.07) is 3.15. The van der Waals surface area contributed by atoms with Crippen LogP contribution in [0.15, 0.2) is 34.9 Å². The van der Waals surface area contributed by atoms with Gasteiger partial charge in [-0.05, 0) is 58.2 Å². The normalized spacial score (nSPS) is 16.3. The Labute approximate surface area is 139 Å². The number of ketones is 2. The van der Waals surface area contributed by atoms with Crippen LogP contribution < -0.4 is 0 Å². The second-order valence-corrected chi connectivity index (χ2v) is 6.70. The summed E-state index contributed by atoms with van der Waals surface area (Å²) >= 11 is 0. The van der Waals surface area contributed by atoms with E-state index in [9.17, 15) is 23.5 Å². The van der Waals surface area contributed by atoms with Crippen molar-refractivity contribution >= 4 is 17.1 Å². The van der Waals surface area contributed by atoms with E-state index in [1.54, 1.807) is 20.8 Å². The maximum Gasteiger partial charge on any atom is 0.190 e. The summed E-state index contributed by atoms with van der Waals surface area (Å²) in [6.07, 6.45) is 0.545. The van der Waals surface area contributed by atoms with Gasteiger partial charge in [0.25, 0.3) is 0 Å². The van der Waals surface area contributed by atoms with Crippen molar-refractivity contribution in [2.24, 2.45) is 0 Å². The number of hydrogen-bond acceptors (Lipinski definition) is 3. The Hall–Kier alpha value is -2.14. The molecule has 0 saturated carbocycles. The van der Waals surface area contributed by atoms with Gasteiger partial charge in [0.1, 0.15) is 0 Å². The Kier molecular flexibility index (Phi) is 4.85. The maximum atomic E-state index is 13.5. The standard InChI is InChI=1S/C19H20F2O3/c1-10-13(7-8-19(3,4)24)18(23)16(11(2)17(10)22)12-5-6-14(20)15(21)9-12/h5-6,9,24H,7-8H2,1-4H3. The second-order valence-electron chi connectivity index (χ2n) is 6.70. The van der Waals surface area contributed by atoms with Crippen molar-refractivity contribution in [2.75, 3.05) is 0 Å². The molecule has 0 bridgehead atoms. The van der Waals surface area contributed by atoms with Gasteiger partial charge in [-0.15, -0.1) is 0 Å². The minimum atomic E-state index is -1.07. The third-order valence-electron chi connectivity index (χ3n) is 4.21. The number of allylic oxidation sites excluding steroid dienone is 4. The van der Waals surface area contributed by atoms with Crippen molar-refractivity contribution in [3.63, 3.8) is 0 Å². The molecule has 5 heteroatoms. The van der Waals surface area contributed by atoms with Crippen LogP contribution in [0.1, 0.15) is 46.1 Å². The fourth-order valence-electron chi connectivity index (χ4n) is 2.75. The van der Waals surface area contributed by atoms with E-state index in [1.807, 2.05) is 0 Å². The van der Waals surface area contributed by atoms with E-state index >= 15 is 0 Å². The summed E-state index contributed by atoms with van der Waals surface area (Å²) in [5.74, 6) is -2.75. The summed E-state index contributed by atoms with van der Waals surface area (Å²) in [5.41, 5.74) is 0.166. The number of carbonyl (C=O) groups excluding carboxylic acids is 2. The Morgan fingerprint density at radius 2 is 1.62 bits per heavy atom. The van der Waals surface area contributed by atoms with Crippen molar-refractivity contribution in [3.05, 3.63) is 52.1 Å². The van der Waals surface area contributed by atoms with Crippen molar-refractivity contribution in [3.8, 4) is 0 Å². The lowest BCUT2D eigenvalue weighted by Crippen LogP contribution is -2.24. The minimum Gasteiger partial charge on any atom is -0.390 e. The first-order valence-corrected chi connectivity index (χ1v) is 7.70. The van der Waals surface area contributed by atoms with Crippen molar-refractivity contribution in [1.82, 2.24) is 0 Å². The average molecular weight is 334 g/mol. The quantitative estimate of drug-likeness (QED) is 0.853. The summed E-state index contributed by atoms with van der Waals surface area (Å²) in [6.45, 7) is 6.32. The van der Waals surface area contributed by atoms with Gasteiger partial charge in [-0.3, -0.25) is 9.59 Å². The molecule has 128 valence electrons. The molecule has 0 aromatic heterocycles. The highest BCUT2D eigenvalue weighted by Crippen LogP contribution is 2.34. The molecule has 1 N–H and O–H groups in total. The lowest BCUT2D eigenvalue weighted by atomic mass is 9.80. The van der Waals surface area contributed by atoms with Crippen molar-refractivity contribution in [2.45, 2.75) is 46.1 Å². The molecule has 3 nitrogen and oxygen atoms in total. The first kappa shape index (κ1) is 18.2. The van der Waals surface area contributed by atoms with Gasteiger partial charge in [0.2, 0.25) is 0 Å². The van der Waals surface area contributed by atoms with E-state index in [4.69, 9.17) is 0 Å². The molecule has 0 saturated heterocycles. The number of halogens is 2. The molecule has 0 radical (unpaired) electrons. The topological polar surface area (TPSA) is 54.4 Å². The Morgan fingerprint density at radius 3 is 2.17 bits per heavy atom. The Morgan fingerprint density at radius 1 is 1.00 bits per heavy atom. The van der Waals surface area contributed by atoms with Crippen LogP contribution in [0.2, 0.25) is 0 Å². The predicted molar refractivity (Wildman–Crippen MR) is 87.2 cm³/mol. The zero-order valence-electron chi connectivity index (χ0n) is 14.2. The van der Waals surface area contributed by atoms with Crippen LogP contribution >= 0.6 is 0 Å². The van der Waals surface area contributed by atoms with Crippen LogP contribution in [0.4, 0.5) is 8.78 Å². The number of benzene rings is 1. The molecule has 0 aliphatic heterocycles. The van der Waals surface area contributed by atoms with Gasteiger partial charge >= 0.3 is 0 Å². The summed E-state index contributed by atoms with van der Waals surface area (Å²) in [4.78, 5) is 25.3. The number of Topliss-reactive ketones (excluding diaryl/α,β-unsaturated/α-hetero) is 2. The highest BCUT2D eigenvalue weighted by molar-refractivity contribution is 6.39. The Bertz CT molecular complexity index is 780. The van der Waals surface area contributed by atoms with E-state index in [2.05, 4.69) is 0 Å². The van der Waals surface area contributed by atoms with Gasteiger partial charge in [0, 0.05) is 22.3 Å². The third-order valence-corrected chi connectivity index (χ3v) is 4.21. The molecule has 0 unspecified atom stereocenters. The SMILES string of the molecule is CC1=C(CCC(C)(C)O)C(=O)C(c2ccc(F)c(F)c2)=C(C)C1=O. The predicted octanol–water partition coefficient (Wildman–Crippen LogP) is 3.76. The van der Waals surface area contributed by atoms with Gasteiger partial charge < -0.3 is 5.11 Å². The van der Waals surface area contributed by atoms with Crippen LogP contribution in [0, 0.1) is 11.6 Å². The highest BCUT2D eigenvalue weighted by Gasteiger charge is 2.32. The fourth-order valence-corrected chi connectivity index (χ4v) is 2.75. The van der Waals surface area contributed by atoms with E-state index in [0.29, 0.717) is 17.6 Å². The first-order chi connectivity index (χ1) is 11.0. The summed E-state index contributed by atoms with van der Waals surface area (Å²) < 4.78 is 26.7. The van der Waals surface area contributed by atoms with E-state index in [-0.39, 0.29) is 34.7 Å². The van der Waals surface area contributed by atoms with E-state index in [1.165, 1.54) is 13.0 Å². The molecule has 1 aliphatic carbocycles. The molecule has 0 heterocycles. The maximum absolute atomic E-state index is 13.5. The molecule has 0 fully saturated rings. The van der Waals surface area contributed by atoms with Gasteiger partial charge in [-0.25, -0.2) is 8.78 Å². The van der Waals surface area contributed by atoms with Crippen molar-refractivity contribution < 1.29 is 23.5 Å². The molecule has 24 heavy (non-hydrogen) atoms. The zero-order chi connectivity index (χ0) is 18.2. The zero-order valence-corrected chi connectivity index (χ0v) is 14.2. The molecular weight excluding hydrogens is 314 g/mol. The van der Waals surface area contributed by atoms with Crippen LogP contribution in [-0.4, -0.2) is 22.3 Å². The van der Waals surface area contributed by atoms with Crippen LogP contribution in [0.3, 0.4) is 0 Å². The monoisotopic (exact) mass is 334 g/mol. The molecule has 1 aromatic carbocycles. The summed E-state index contributed by atoms with van der Waals surface area (Å²) in [7, 11) is 0. The van der Waals surface area contributed by atoms with Gasteiger partial charge in [-0.2, -0.15) is 0 Å². The fraction of sp³-hybridized carbons (Fsp3) is 0.368. The number of rotatable bonds is 4. The number of hydrogen-bond donors (Lipinski definition) is 1. The minimum absolute atomic E-state index is 0.0928. The molecule has 2 rings (SSSR count). The summed E-state index contributed by atoms with van der Waals surface area (Å²) in [5, 5.41) is 9.87. The molecule has 0 amide bonds. The molecular formula is C19H20F2O3. The third kappa shape index (κ3) is 3.51. The molecule has 1 aliphatic rings. The first-order valence-electron chi connectivity index (χ1n) is 7.70. The second kappa shape index (κ2) is 6.40. The van der Waals surface area contributed by atoms with Gasteiger partial charge in [-0.1, -0.05) is 6.07 Å². The largest absolute Gasteiger partial charge is 0.390 e. The molecule has 0 atom stereocenters.